The van der Waals surface area contributed by atoms with Crippen LogP contribution in [0.25, 0.3) is 0 Å². The Bertz CT molecular complexity index is 669. The van der Waals surface area contributed by atoms with Crippen molar-refractivity contribution in [3.8, 4) is 0 Å². The summed E-state index contributed by atoms with van der Waals surface area (Å²) in [5, 5.41) is 2.92. The zero-order valence-electron chi connectivity index (χ0n) is 13.1. The van der Waals surface area contributed by atoms with Crippen LogP contribution in [0.15, 0.2) is 41.0 Å². The van der Waals surface area contributed by atoms with E-state index in [2.05, 4.69) is 45.0 Å². The summed E-state index contributed by atoms with van der Waals surface area (Å²) in [4.78, 5) is 18.9. The maximum atomic E-state index is 12.4. The molecular formula is C17H20BrN3O. The number of nitrogens with one attached hydrogen (secondary N) is 1. The Kier molecular flexibility index (Phi) is 5.55. The first-order valence-electron chi connectivity index (χ1n) is 7.33. The molecule has 0 aliphatic rings. The zero-order valence-corrected chi connectivity index (χ0v) is 14.6. The van der Waals surface area contributed by atoms with Crippen molar-refractivity contribution in [2.45, 2.75) is 20.8 Å². The molecule has 1 heterocycles. The van der Waals surface area contributed by atoms with Crippen molar-refractivity contribution in [3.05, 3.63) is 52.1 Å². The fourth-order valence-corrected chi connectivity index (χ4v) is 2.79. The van der Waals surface area contributed by atoms with Gasteiger partial charge in [0.05, 0.1) is 5.69 Å². The molecule has 0 saturated heterocycles. The van der Waals surface area contributed by atoms with Gasteiger partial charge < -0.3 is 10.2 Å². The van der Waals surface area contributed by atoms with Crippen molar-refractivity contribution < 1.29 is 4.79 Å². The van der Waals surface area contributed by atoms with E-state index in [-0.39, 0.29) is 5.91 Å². The highest BCUT2D eigenvalue weighted by Gasteiger charge is 2.11. The summed E-state index contributed by atoms with van der Waals surface area (Å²) < 4.78 is 0.874. The van der Waals surface area contributed by atoms with Gasteiger partial charge in [-0.25, -0.2) is 4.98 Å². The number of rotatable bonds is 5. The molecule has 0 saturated carbocycles. The first-order valence-corrected chi connectivity index (χ1v) is 8.13. The van der Waals surface area contributed by atoms with E-state index < -0.39 is 0 Å². The standard InChI is InChI=1S/C17H20BrN3O/c1-4-21(5-2)16-11-13(8-9-19-16)17(22)20-15-7-6-12(3)10-14(15)18/h6-11H,4-5H2,1-3H3,(H,20,22). The summed E-state index contributed by atoms with van der Waals surface area (Å²) in [6, 6.07) is 9.39. The smallest absolute Gasteiger partial charge is 0.255 e. The van der Waals surface area contributed by atoms with E-state index in [0.717, 1.165) is 34.6 Å². The van der Waals surface area contributed by atoms with E-state index in [1.54, 1.807) is 12.3 Å². The van der Waals surface area contributed by atoms with Crippen molar-refractivity contribution in [2.75, 3.05) is 23.3 Å². The molecule has 0 unspecified atom stereocenters. The van der Waals surface area contributed by atoms with Crippen molar-refractivity contribution >= 4 is 33.3 Å². The molecule has 1 N–H and O–H groups in total. The van der Waals surface area contributed by atoms with Crippen molar-refractivity contribution in [2.24, 2.45) is 0 Å². The van der Waals surface area contributed by atoms with Gasteiger partial charge >= 0.3 is 0 Å². The summed E-state index contributed by atoms with van der Waals surface area (Å²) in [6.45, 7) is 7.87. The van der Waals surface area contributed by atoms with E-state index in [9.17, 15) is 4.79 Å². The van der Waals surface area contributed by atoms with Gasteiger partial charge in [-0.3, -0.25) is 4.79 Å². The van der Waals surface area contributed by atoms with E-state index in [1.165, 1.54) is 0 Å². The zero-order chi connectivity index (χ0) is 16.1. The lowest BCUT2D eigenvalue weighted by Crippen LogP contribution is -2.23. The molecule has 5 heteroatoms. The Hall–Kier alpha value is -1.88. The number of carbonyl (C=O) groups excluding carboxylic acids is 1. The minimum atomic E-state index is -0.139. The second-order valence-corrected chi connectivity index (χ2v) is 5.87. The molecule has 0 aliphatic carbocycles. The summed E-state index contributed by atoms with van der Waals surface area (Å²) >= 11 is 3.47. The van der Waals surface area contributed by atoms with Gasteiger partial charge in [0.15, 0.2) is 0 Å². The van der Waals surface area contributed by atoms with Crippen LogP contribution in [0.5, 0.6) is 0 Å². The fourth-order valence-electron chi connectivity index (χ4n) is 2.20. The molecular weight excluding hydrogens is 342 g/mol. The van der Waals surface area contributed by atoms with Gasteiger partial charge in [-0.2, -0.15) is 0 Å². The molecule has 22 heavy (non-hydrogen) atoms. The molecule has 1 amide bonds. The van der Waals surface area contributed by atoms with Crippen LogP contribution >= 0.6 is 15.9 Å². The lowest BCUT2D eigenvalue weighted by Gasteiger charge is -2.20. The number of aromatic nitrogens is 1. The van der Waals surface area contributed by atoms with Crippen LogP contribution in [0.4, 0.5) is 11.5 Å². The molecule has 0 bridgehead atoms. The first-order chi connectivity index (χ1) is 10.5. The molecule has 0 atom stereocenters. The summed E-state index contributed by atoms with van der Waals surface area (Å²) in [5.41, 5.74) is 2.50. The molecule has 0 radical (unpaired) electrons. The highest BCUT2D eigenvalue weighted by Crippen LogP contribution is 2.24. The molecule has 0 aliphatic heterocycles. The third-order valence-electron chi connectivity index (χ3n) is 3.47. The Balaban J connectivity index is 2.21. The lowest BCUT2D eigenvalue weighted by molar-refractivity contribution is 0.102. The Morgan fingerprint density at radius 1 is 1.23 bits per heavy atom. The second-order valence-electron chi connectivity index (χ2n) is 5.01. The van der Waals surface area contributed by atoms with Gasteiger partial charge in [0.2, 0.25) is 0 Å². The molecule has 0 fully saturated rings. The van der Waals surface area contributed by atoms with Gasteiger partial charge in [-0.05, 0) is 66.5 Å². The Labute approximate surface area is 139 Å². The van der Waals surface area contributed by atoms with Crippen LogP contribution in [0.2, 0.25) is 0 Å². The van der Waals surface area contributed by atoms with Gasteiger partial charge in [0.1, 0.15) is 5.82 Å². The number of hydrogen-bond acceptors (Lipinski definition) is 3. The van der Waals surface area contributed by atoms with Crippen molar-refractivity contribution in [1.29, 1.82) is 0 Å². The fraction of sp³-hybridized carbons (Fsp3) is 0.294. The van der Waals surface area contributed by atoms with Crippen molar-refractivity contribution in [1.82, 2.24) is 4.98 Å². The van der Waals surface area contributed by atoms with Crippen LogP contribution in [-0.4, -0.2) is 24.0 Å². The molecule has 0 spiro atoms. The highest BCUT2D eigenvalue weighted by molar-refractivity contribution is 9.10. The largest absolute Gasteiger partial charge is 0.357 e. The number of pyridine rings is 1. The number of aryl methyl sites for hydroxylation is 1. The predicted octanol–water partition coefficient (Wildman–Crippen LogP) is 4.25. The average molecular weight is 362 g/mol. The summed E-state index contributed by atoms with van der Waals surface area (Å²) in [7, 11) is 0. The van der Waals surface area contributed by atoms with Crippen LogP contribution < -0.4 is 10.2 Å². The number of halogens is 1. The third-order valence-corrected chi connectivity index (χ3v) is 4.12. The van der Waals surface area contributed by atoms with E-state index >= 15 is 0 Å². The molecule has 116 valence electrons. The number of anilines is 2. The van der Waals surface area contributed by atoms with E-state index in [4.69, 9.17) is 0 Å². The normalized spacial score (nSPS) is 10.4. The van der Waals surface area contributed by atoms with E-state index in [1.807, 2.05) is 31.2 Å². The topological polar surface area (TPSA) is 45.2 Å². The maximum Gasteiger partial charge on any atom is 0.255 e. The first kappa shape index (κ1) is 16.5. The number of hydrogen-bond donors (Lipinski definition) is 1. The number of benzene rings is 1. The molecule has 1 aromatic heterocycles. The number of amides is 1. The van der Waals surface area contributed by atoms with E-state index in [0.29, 0.717) is 5.56 Å². The van der Waals surface area contributed by atoms with Crippen LogP contribution in [-0.2, 0) is 0 Å². The molecule has 4 nitrogen and oxygen atoms in total. The Morgan fingerprint density at radius 2 is 1.95 bits per heavy atom. The SMILES string of the molecule is CCN(CC)c1cc(C(=O)Nc2ccc(C)cc2Br)ccn1. The van der Waals surface area contributed by atoms with Gasteiger partial charge in [0, 0.05) is 29.3 Å². The van der Waals surface area contributed by atoms with Crippen LogP contribution in [0.1, 0.15) is 29.8 Å². The molecule has 2 aromatic rings. The van der Waals surface area contributed by atoms with Gasteiger partial charge in [-0.15, -0.1) is 0 Å². The Morgan fingerprint density at radius 3 is 2.59 bits per heavy atom. The monoisotopic (exact) mass is 361 g/mol. The maximum absolute atomic E-state index is 12.4. The second kappa shape index (κ2) is 7.40. The molecule has 2 rings (SSSR count). The van der Waals surface area contributed by atoms with Gasteiger partial charge in [0.25, 0.3) is 5.91 Å². The quantitative estimate of drug-likeness (QED) is 0.865. The number of carbonyl (C=O) groups is 1. The highest BCUT2D eigenvalue weighted by atomic mass is 79.9. The van der Waals surface area contributed by atoms with Gasteiger partial charge in [-0.1, -0.05) is 6.07 Å². The van der Waals surface area contributed by atoms with Crippen molar-refractivity contribution in [3.63, 3.8) is 0 Å². The summed E-state index contributed by atoms with van der Waals surface area (Å²) in [5.74, 6) is 0.681. The number of nitrogens with zero attached hydrogens (tertiary/aromatic N) is 2. The lowest BCUT2D eigenvalue weighted by atomic mass is 10.2. The minimum absolute atomic E-state index is 0.139. The van der Waals surface area contributed by atoms with Crippen LogP contribution in [0, 0.1) is 6.92 Å². The predicted molar refractivity (Wildman–Crippen MR) is 94.6 cm³/mol. The third kappa shape index (κ3) is 3.85. The molecule has 1 aromatic carbocycles. The van der Waals surface area contributed by atoms with Crippen LogP contribution in [0.3, 0.4) is 0 Å². The average Bonchev–Trinajstić information content (AvgIpc) is 2.51. The minimum Gasteiger partial charge on any atom is -0.357 e. The summed E-state index contributed by atoms with van der Waals surface area (Å²) in [6.07, 6.45) is 1.67.